The van der Waals surface area contributed by atoms with Gasteiger partial charge in [-0.1, -0.05) is 50.0 Å². The van der Waals surface area contributed by atoms with E-state index in [1.807, 2.05) is 0 Å². The van der Waals surface area contributed by atoms with E-state index in [0.29, 0.717) is 10.5 Å². The number of aromatic hydroxyl groups is 1. The molecule has 0 aromatic heterocycles. The summed E-state index contributed by atoms with van der Waals surface area (Å²) in [5.41, 5.74) is 0.650. The molecule has 5 nitrogen and oxygen atoms in total. The van der Waals surface area contributed by atoms with Crippen LogP contribution in [0.3, 0.4) is 0 Å². The number of thiocarbonyl (C=S) groups is 1. The van der Waals surface area contributed by atoms with E-state index in [1.54, 1.807) is 32.1 Å². The van der Waals surface area contributed by atoms with Crippen molar-refractivity contribution in [3.63, 3.8) is 0 Å². The molecule has 7 heteroatoms. The van der Waals surface area contributed by atoms with Crippen LogP contribution < -0.4 is 0 Å². The van der Waals surface area contributed by atoms with Crippen LogP contribution >= 0.6 is 24.0 Å². The Balaban J connectivity index is 2.34. The summed E-state index contributed by atoms with van der Waals surface area (Å²) in [5, 5.41) is 18.8. The maximum atomic E-state index is 12.5. The Labute approximate surface area is 137 Å². The molecule has 1 aliphatic rings. The fraction of sp³-hybridized carbons (Fsp3) is 0.267. The summed E-state index contributed by atoms with van der Waals surface area (Å²) >= 11 is 6.24. The van der Waals surface area contributed by atoms with Crippen LogP contribution in [0, 0.1) is 5.92 Å². The van der Waals surface area contributed by atoms with Crippen molar-refractivity contribution in [1.82, 2.24) is 4.90 Å². The normalized spacial score (nSPS) is 18.3. The lowest BCUT2D eigenvalue weighted by Gasteiger charge is -2.26. The number of carboxylic acids is 1. The van der Waals surface area contributed by atoms with Crippen LogP contribution in [-0.4, -0.2) is 37.4 Å². The number of rotatable bonds is 4. The van der Waals surface area contributed by atoms with Crippen LogP contribution in [0.2, 0.25) is 0 Å². The van der Waals surface area contributed by atoms with Crippen LogP contribution in [-0.2, 0) is 9.59 Å². The lowest BCUT2D eigenvalue weighted by atomic mass is 10.0. The summed E-state index contributed by atoms with van der Waals surface area (Å²) in [6.45, 7) is 3.46. The molecule has 0 saturated carbocycles. The van der Waals surface area contributed by atoms with E-state index in [-0.39, 0.29) is 16.0 Å². The Morgan fingerprint density at radius 2 is 2.09 bits per heavy atom. The molecule has 1 atom stereocenters. The molecule has 2 rings (SSSR count). The summed E-state index contributed by atoms with van der Waals surface area (Å²) in [4.78, 5) is 25.4. The van der Waals surface area contributed by atoms with Crippen molar-refractivity contribution < 1.29 is 19.8 Å². The number of carbonyl (C=O) groups excluding carboxylic acids is 1. The molecule has 1 unspecified atom stereocenters. The molecule has 0 bridgehead atoms. The zero-order valence-electron chi connectivity index (χ0n) is 12.0. The first kappa shape index (κ1) is 16.5. The monoisotopic (exact) mass is 337 g/mol. The quantitative estimate of drug-likeness (QED) is 0.650. The second kappa shape index (κ2) is 6.50. The molecule has 1 aliphatic heterocycles. The van der Waals surface area contributed by atoms with Gasteiger partial charge in [0.25, 0.3) is 5.91 Å². The van der Waals surface area contributed by atoms with Crippen molar-refractivity contribution in [2.45, 2.75) is 19.9 Å². The van der Waals surface area contributed by atoms with Crippen LogP contribution in [0.25, 0.3) is 6.08 Å². The van der Waals surface area contributed by atoms with Gasteiger partial charge in [0.05, 0.1) is 4.91 Å². The SMILES string of the molecule is CC(C)C(C(=O)O)N1C(=O)C(=Cc2cccc(O)c2)SC1=S. The topological polar surface area (TPSA) is 77.8 Å². The number of hydrogen-bond acceptors (Lipinski definition) is 5. The number of aliphatic carboxylic acids is 1. The van der Waals surface area contributed by atoms with Crippen molar-refractivity contribution in [3.8, 4) is 5.75 Å². The number of phenolic OH excluding ortho intramolecular Hbond substituents is 1. The number of phenols is 1. The smallest absolute Gasteiger partial charge is 0.327 e. The standard InChI is InChI=1S/C15H15NO4S2/c1-8(2)12(14(19)20)16-13(18)11(22-15(16)21)7-9-4-3-5-10(17)6-9/h3-8,12,17H,1-2H3,(H,19,20). The number of carboxylic acid groups (broad SMARTS) is 1. The van der Waals surface area contributed by atoms with Crippen LogP contribution in [0.1, 0.15) is 19.4 Å². The minimum absolute atomic E-state index is 0.0924. The van der Waals surface area contributed by atoms with Gasteiger partial charge in [-0.2, -0.15) is 0 Å². The van der Waals surface area contributed by atoms with Gasteiger partial charge in [0.2, 0.25) is 0 Å². The van der Waals surface area contributed by atoms with Gasteiger partial charge in [0.1, 0.15) is 16.1 Å². The third-order valence-electron chi connectivity index (χ3n) is 3.15. The lowest BCUT2D eigenvalue weighted by Crippen LogP contribution is -2.47. The van der Waals surface area contributed by atoms with Crippen LogP contribution in [0.15, 0.2) is 29.2 Å². The van der Waals surface area contributed by atoms with E-state index in [0.717, 1.165) is 16.7 Å². The molecule has 0 radical (unpaired) electrons. The van der Waals surface area contributed by atoms with Gasteiger partial charge in [0.15, 0.2) is 0 Å². The van der Waals surface area contributed by atoms with Gasteiger partial charge in [-0.15, -0.1) is 0 Å². The predicted molar refractivity (Wildman–Crippen MR) is 89.4 cm³/mol. The molecule has 0 aliphatic carbocycles. The number of nitrogens with zero attached hydrogens (tertiary/aromatic N) is 1. The molecule has 2 N–H and O–H groups in total. The zero-order valence-corrected chi connectivity index (χ0v) is 13.6. The van der Waals surface area contributed by atoms with Gasteiger partial charge in [-0.25, -0.2) is 4.79 Å². The highest BCUT2D eigenvalue weighted by atomic mass is 32.2. The number of amides is 1. The number of carbonyl (C=O) groups is 2. The highest BCUT2D eigenvalue weighted by Gasteiger charge is 2.41. The Bertz CT molecular complexity index is 669. The Hall–Kier alpha value is -1.86. The zero-order chi connectivity index (χ0) is 16.4. The summed E-state index contributed by atoms with van der Waals surface area (Å²) < 4.78 is 0.234. The number of hydrogen-bond donors (Lipinski definition) is 2. The van der Waals surface area contributed by atoms with Crippen molar-refractivity contribution in [1.29, 1.82) is 0 Å². The fourth-order valence-electron chi connectivity index (χ4n) is 2.18. The molecule has 1 saturated heterocycles. The molecule has 1 aromatic carbocycles. The molecular weight excluding hydrogens is 322 g/mol. The maximum Gasteiger partial charge on any atom is 0.327 e. The van der Waals surface area contributed by atoms with E-state index < -0.39 is 17.9 Å². The maximum absolute atomic E-state index is 12.5. The first-order valence-electron chi connectivity index (χ1n) is 6.60. The molecule has 1 aromatic rings. The van der Waals surface area contributed by atoms with Crippen molar-refractivity contribution in [2.24, 2.45) is 5.92 Å². The molecular formula is C15H15NO4S2. The highest BCUT2D eigenvalue weighted by Crippen LogP contribution is 2.35. The van der Waals surface area contributed by atoms with Crippen LogP contribution in [0.5, 0.6) is 5.75 Å². The third-order valence-corrected chi connectivity index (χ3v) is 4.48. The number of benzene rings is 1. The van der Waals surface area contributed by atoms with E-state index >= 15 is 0 Å². The van der Waals surface area contributed by atoms with Crippen molar-refractivity contribution >= 4 is 46.3 Å². The molecule has 1 amide bonds. The van der Waals surface area contributed by atoms with Crippen LogP contribution in [0.4, 0.5) is 0 Å². The van der Waals surface area contributed by atoms with Gasteiger partial charge in [0, 0.05) is 0 Å². The molecule has 0 spiro atoms. The predicted octanol–water partition coefficient (Wildman–Crippen LogP) is 2.70. The first-order valence-corrected chi connectivity index (χ1v) is 7.82. The van der Waals surface area contributed by atoms with Gasteiger partial charge in [-0.05, 0) is 29.7 Å². The second-order valence-corrected chi connectivity index (χ2v) is 6.85. The molecule has 1 fully saturated rings. The Morgan fingerprint density at radius 3 is 2.64 bits per heavy atom. The average molecular weight is 337 g/mol. The summed E-state index contributed by atoms with van der Waals surface area (Å²) in [7, 11) is 0. The first-order chi connectivity index (χ1) is 10.3. The molecule has 116 valence electrons. The van der Waals surface area contributed by atoms with E-state index in [4.69, 9.17) is 12.2 Å². The number of thioether (sulfide) groups is 1. The Morgan fingerprint density at radius 1 is 1.41 bits per heavy atom. The average Bonchev–Trinajstić information content (AvgIpc) is 2.66. The molecule has 1 heterocycles. The summed E-state index contributed by atoms with van der Waals surface area (Å²) in [6, 6.07) is 5.47. The highest BCUT2D eigenvalue weighted by molar-refractivity contribution is 8.26. The molecule has 22 heavy (non-hydrogen) atoms. The van der Waals surface area contributed by atoms with E-state index in [2.05, 4.69) is 0 Å². The third kappa shape index (κ3) is 3.31. The second-order valence-electron chi connectivity index (χ2n) is 5.17. The Kier molecular flexibility index (Phi) is 4.87. The minimum atomic E-state index is -1.08. The lowest BCUT2D eigenvalue weighted by molar-refractivity contribution is -0.146. The van der Waals surface area contributed by atoms with E-state index in [9.17, 15) is 19.8 Å². The fourth-order valence-corrected chi connectivity index (χ4v) is 3.51. The minimum Gasteiger partial charge on any atom is -0.508 e. The largest absolute Gasteiger partial charge is 0.508 e. The summed E-state index contributed by atoms with van der Waals surface area (Å²) in [6.07, 6.45) is 1.60. The van der Waals surface area contributed by atoms with Gasteiger partial charge in [-0.3, -0.25) is 9.69 Å². The van der Waals surface area contributed by atoms with Crippen molar-refractivity contribution in [3.05, 3.63) is 34.7 Å². The summed E-state index contributed by atoms with van der Waals surface area (Å²) in [5.74, 6) is -1.67. The van der Waals surface area contributed by atoms with Gasteiger partial charge < -0.3 is 10.2 Å². The van der Waals surface area contributed by atoms with E-state index in [1.165, 1.54) is 12.1 Å². The van der Waals surface area contributed by atoms with Crippen molar-refractivity contribution in [2.75, 3.05) is 0 Å². The van der Waals surface area contributed by atoms with Gasteiger partial charge >= 0.3 is 5.97 Å².